The average molecular weight is 1480 g/mol. The van der Waals surface area contributed by atoms with Crippen LogP contribution in [0.25, 0.3) is 45.0 Å². The zero-order chi connectivity index (χ0) is 64.3. The summed E-state index contributed by atoms with van der Waals surface area (Å²) in [4.78, 5) is 21.5. The Morgan fingerprint density at radius 1 is 0.284 bits per heavy atom. The van der Waals surface area contributed by atoms with E-state index < -0.39 is 0 Å². The van der Waals surface area contributed by atoms with Gasteiger partial charge in [-0.15, -0.1) is 106 Å². The van der Waals surface area contributed by atoms with Crippen molar-refractivity contribution in [1.29, 1.82) is 0 Å². The van der Waals surface area contributed by atoms with Crippen molar-refractivity contribution in [2.45, 2.75) is 166 Å². The molecule has 0 fully saturated rings. The molecule has 88 heavy (non-hydrogen) atoms. The second kappa shape index (κ2) is 33.3. The fraction of sp³-hybridized carbons (Fsp3) is 0.312. The third-order valence-corrected chi connectivity index (χ3v) is 15.1. The molecule has 5 aromatic carbocycles. The summed E-state index contributed by atoms with van der Waals surface area (Å²) < 4.78 is 2.04. The van der Waals surface area contributed by atoms with E-state index >= 15 is 0 Å². The molecule has 10 rings (SSSR count). The van der Waals surface area contributed by atoms with Crippen molar-refractivity contribution < 1.29 is 20.1 Å². The summed E-state index contributed by atoms with van der Waals surface area (Å²) in [5, 5.41) is 0. The van der Waals surface area contributed by atoms with Crippen LogP contribution in [0.5, 0.6) is 0 Å². The molecule has 5 heterocycles. The molecule has 5 nitrogen and oxygen atoms in total. The standard InChI is InChI=1S/C16H19N.3C16H18N.C10H13Br.C6H6BrN.Ir/c4*1-12-9-10-17-15(11-12)13-5-7-14(8-6-13)16(2,3)4;1-10(2,3)8-4-6-9(11)7-5-8;1-5-2-3-8-6(7)4-5;/h5-11H,1-4H3;3*5,7-11H,1-4H3;4-7H,1-3H3;2-4H,1H3;/q;3*-1;;;+3. The molecule has 5 aromatic heterocycles. The third kappa shape index (κ3) is 25.2. The van der Waals surface area contributed by atoms with Crippen LogP contribution in [-0.2, 0) is 47.2 Å². The van der Waals surface area contributed by atoms with Crippen LogP contribution in [0, 0.1) is 52.8 Å². The Balaban J connectivity index is 0.000000229. The number of hydrogen-bond donors (Lipinski definition) is 0. The second-order valence-corrected chi connectivity index (χ2v) is 29.1. The number of rotatable bonds is 4. The number of aromatic nitrogens is 5. The third-order valence-electron chi connectivity index (χ3n) is 14.2. The van der Waals surface area contributed by atoms with Crippen LogP contribution in [0.1, 0.15) is 159 Å². The van der Waals surface area contributed by atoms with Crippen LogP contribution >= 0.6 is 31.9 Å². The monoisotopic (exact) mass is 1470 g/mol. The topological polar surface area (TPSA) is 64.5 Å². The minimum atomic E-state index is 0. The summed E-state index contributed by atoms with van der Waals surface area (Å²) in [6.45, 7) is 43.6. The molecule has 0 spiro atoms. The molecule has 10 aromatic rings. The van der Waals surface area contributed by atoms with Crippen molar-refractivity contribution in [3.05, 3.63) is 278 Å². The first-order chi connectivity index (χ1) is 40.6. The maximum Gasteiger partial charge on any atom is 3.00 e. The summed E-state index contributed by atoms with van der Waals surface area (Å²) in [7, 11) is 0. The van der Waals surface area contributed by atoms with Crippen LogP contribution in [0.3, 0.4) is 0 Å². The largest absolute Gasteiger partial charge is 3.00 e. The van der Waals surface area contributed by atoms with Crippen molar-refractivity contribution >= 4 is 31.9 Å². The van der Waals surface area contributed by atoms with E-state index in [0.29, 0.717) is 0 Å². The number of nitrogens with zero attached hydrogens (tertiary/aromatic N) is 5. The quantitative estimate of drug-likeness (QED) is 0.130. The molecule has 0 aliphatic carbocycles. The molecule has 0 atom stereocenters. The van der Waals surface area contributed by atoms with E-state index in [0.717, 1.165) is 48.5 Å². The van der Waals surface area contributed by atoms with Gasteiger partial charge in [0.1, 0.15) is 4.60 Å². The number of benzene rings is 5. The van der Waals surface area contributed by atoms with Gasteiger partial charge in [-0.25, -0.2) is 4.98 Å². The molecule has 0 saturated heterocycles. The van der Waals surface area contributed by atoms with Crippen molar-refractivity contribution in [2.24, 2.45) is 0 Å². The molecule has 460 valence electrons. The Hall–Kier alpha value is -6.54. The van der Waals surface area contributed by atoms with Crippen LogP contribution < -0.4 is 0 Å². The van der Waals surface area contributed by atoms with E-state index in [1.54, 1.807) is 6.20 Å². The van der Waals surface area contributed by atoms with Gasteiger partial charge in [-0.1, -0.05) is 191 Å². The van der Waals surface area contributed by atoms with Gasteiger partial charge < -0.3 is 15.0 Å². The molecular weight excluding hydrogens is 1380 g/mol. The molecule has 0 aliphatic rings. The summed E-state index contributed by atoms with van der Waals surface area (Å²) in [5.74, 6) is 0. The SMILES string of the molecule is CC(C)(C)c1ccc(Br)cc1.Cc1ccnc(-c2[c-]cc(C(C)(C)C)cc2)c1.Cc1ccnc(-c2[c-]cc(C(C)(C)C)cc2)c1.Cc1ccnc(-c2[c-]cc(C(C)(C)C)cc2)c1.Cc1ccnc(-c2ccc(C(C)(C)C)cc2)c1.Cc1ccnc(Br)c1.[Ir+3]. The second-order valence-electron chi connectivity index (χ2n) is 27.3. The Morgan fingerprint density at radius 3 is 0.773 bits per heavy atom. The smallest absolute Gasteiger partial charge is 0.305 e. The molecule has 0 N–H and O–H groups in total. The maximum atomic E-state index is 4.40. The van der Waals surface area contributed by atoms with Gasteiger partial charge in [0.15, 0.2) is 0 Å². The molecule has 0 unspecified atom stereocenters. The molecule has 0 amide bonds. The predicted molar refractivity (Wildman–Crippen MR) is 378 cm³/mol. The van der Waals surface area contributed by atoms with Gasteiger partial charge in [-0.3, -0.25) is 4.98 Å². The molecule has 0 radical (unpaired) electrons. The summed E-state index contributed by atoms with van der Waals surface area (Å²) in [5.41, 5.74) is 22.2. The van der Waals surface area contributed by atoms with Crippen LogP contribution in [0.2, 0.25) is 0 Å². The van der Waals surface area contributed by atoms with Gasteiger partial charge in [0.2, 0.25) is 0 Å². The first-order valence-corrected chi connectivity index (χ1v) is 31.5. The fourth-order valence-electron chi connectivity index (χ4n) is 8.49. The minimum Gasteiger partial charge on any atom is -0.305 e. The minimum absolute atomic E-state index is 0. The zero-order valence-electron chi connectivity index (χ0n) is 55.8. The number of pyridine rings is 5. The summed E-state index contributed by atoms with van der Waals surface area (Å²) >= 11 is 6.66. The van der Waals surface area contributed by atoms with E-state index in [4.69, 9.17) is 0 Å². The zero-order valence-corrected chi connectivity index (χ0v) is 61.4. The fourth-order valence-corrected chi connectivity index (χ4v) is 9.23. The van der Waals surface area contributed by atoms with Crippen molar-refractivity contribution in [3.8, 4) is 45.0 Å². The first-order valence-electron chi connectivity index (χ1n) is 29.9. The van der Waals surface area contributed by atoms with E-state index in [1.807, 2.05) is 68.1 Å². The number of hydrogen-bond acceptors (Lipinski definition) is 5. The van der Waals surface area contributed by atoms with Crippen molar-refractivity contribution in [2.75, 3.05) is 0 Å². The molecule has 0 saturated carbocycles. The molecular formula is C80H92Br2IrN5. The van der Waals surface area contributed by atoms with Gasteiger partial charge in [-0.05, 0) is 172 Å². The molecule has 0 bridgehead atoms. The van der Waals surface area contributed by atoms with Gasteiger partial charge in [0.05, 0.1) is 5.69 Å². The molecule has 0 aliphatic heterocycles. The summed E-state index contributed by atoms with van der Waals surface area (Å²) in [6.07, 6.45) is 9.17. The van der Waals surface area contributed by atoms with Crippen LogP contribution in [0.4, 0.5) is 0 Å². The Bertz CT molecular complexity index is 3280. The summed E-state index contributed by atoms with van der Waals surface area (Å²) in [6, 6.07) is 66.5. The van der Waals surface area contributed by atoms with E-state index in [-0.39, 0.29) is 47.2 Å². The van der Waals surface area contributed by atoms with E-state index in [2.05, 4.69) is 334 Å². The normalized spacial score (nSPS) is 11.2. The van der Waals surface area contributed by atoms with Gasteiger partial charge in [0, 0.05) is 41.0 Å². The Labute approximate surface area is 560 Å². The molecule has 8 heteroatoms. The number of halogens is 2. The average Bonchev–Trinajstić information content (AvgIpc) is 2.86. The Kier molecular flexibility index (Phi) is 28.0. The Morgan fingerprint density at radius 2 is 0.534 bits per heavy atom. The first kappa shape index (κ1) is 73.9. The number of aryl methyl sites for hydroxylation is 5. The van der Waals surface area contributed by atoms with Crippen molar-refractivity contribution in [1.82, 2.24) is 24.9 Å². The van der Waals surface area contributed by atoms with Gasteiger partial charge in [0.25, 0.3) is 0 Å². The maximum absolute atomic E-state index is 4.40. The van der Waals surface area contributed by atoms with E-state index in [1.165, 1.54) is 61.2 Å². The van der Waals surface area contributed by atoms with Crippen molar-refractivity contribution in [3.63, 3.8) is 0 Å². The van der Waals surface area contributed by atoms with E-state index in [9.17, 15) is 0 Å². The van der Waals surface area contributed by atoms with Crippen LogP contribution in [-0.4, -0.2) is 24.9 Å². The van der Waals surface area contributed by atoms with Crippen LogP contribution in [0.15, 0.2) is 204 Å². The van der Waals surface area contributed by atoms with Gasteiger partial charge >= 0.3 is 20.1 Å². The van der Waals surface area contributed by atoms with Gasteiger partial charge in [-0.2, -0.15) is 0 Å². The predicted octanol–water partition coefficient (Wildman–Crippen LogP) is 22.7.